The van der Waals surface area contributed by atoms with Crippen molar-refractivity contribution in [2.24, 2.45) is 10.8 Å². The summed E-state index contributed by atoms with van der Waals surface area (Å²) in [6.07, 6.45) is 6.73. The first-order valence-electron chi connectivity index (χ1n) is 10.8. The Bertz CT molecular complexity index is 530. The molecule has 0 aliphatic rings. The number of Topliss-reactive ketones (excluding diaryl/α,β-unsaturated/α-hetero) is 1. The van der Waals surface area contributed by atoms with Gasteiger partial charge < -0.3 is 10.00 Å². The summed E-state index contributed by atoms with van der Waals surface area (Å²) in [4.78, 5) is 22.1. The highest BCUT2D eigenvalue weighted by atomic mass is 31.2. The summed E-state index contributed by atoms with van der Waals surface area (Å²) < 4.78 is 22.0. The molecule has 0 amide bonds. The summed E-state index contributed by atoms with van der Waals surface area (Å²) in [7, 11) is -4.25. The number of aliphatic hydroxyl groups is 1. The van der Waals surface area contributed by atoms with Gasteiger partial charge in [-0.3, -0.25) is 13.8 Å². The molecule has 0 bridgehead atoms. The highest BCUT2D eigenvalue weighted by Crippen LogP contribution is 2.48. The van der Waals surface area contributed by atoms with Crippen molar-refractivity contribution in [1.82, 2.24) is 0 Å². The molecule has 29 heavy (non-hydrogen) atoms. The van der Waals surface area contributed by atoms with E-state index >= 15 is 0 Å². The van der Waals surface area contributed by atoms with Gasteiger partial charge in [0.1, 0.15) is 6.10 Å². The maximum absolute atomic E-state index is 12.3. The van der Waals surface area contributed by atoms with Gasteiger partial charge in [0.15, 0.2) is 5.78 Å². The zero-order valence-electron chi connectivity index (χ0n) is 19.9. The fraction of sp³-hybridized carbons (Fsp3) is 0.955. The van der Waals surface area contributed by atoms with Gasteiger partial charge in [-0.15, -0.1) is 0 Å². The van der Waals surface area contributed by atoms with Crippen molar-refractivity contribution < 1.29 is 28.4 Å². The first kappa shape index (κ1) is 28.7. The summed E-state index contributed by atoms with van der Waals surface area (Å²) in [5.41, 5.74) is -1.43. The first-order valence-corrected chi connectivity index (χ1v) is 12.3. The van der Waals surface area contributed by atoms with Gasteiger partial charge in [0.25, 0.3) is 0 Å². The Morgan fingerprint density at radius 2 is 1.38 bits per heavy atom. The number of hydrogen-bond donors (Lipinski definition) is 2. The molecule has 0 saturated carbocycles. The number of carbonyl (C=O) groups excluding carboxylic acids is 1. The van der Waals surface area contributed by atoms with Crippen molar-refractivity contribution in [2.75, 3.05) is 6.61 Å². The zero-order chi connectivity index (χ0) is 22.9. The standard InChI is InChI=1S/C22H45O6P/c1-20(2,3)16-14-12-10-9-11-13-15-18(23)19(24)22(7,8)17-27-29(25,26)28-21(4,5)6/h19,24H,9-17H2,1-8H3,(H,25,26). The van der Waals surface area contributed by atoms with Gasteiger partial charge in [-0.25, -0.2) is 4.57 Å². The van der Waals surface area contributed by atoms with Gasteiger partial charge in [-0.2, -0.15) is 0 Å². The molecule has 6 nitrogen and oxygen atoms in total. The predicted molar refractivity (Wildman–Crippen MR) is 118 cm³/mol. The predicted octanol–water partition coefficient (Wildman–Crippen LogP) is 6.04. The zero-order valence-corrected chi connectivity index (χ0v) is 20.8. The molecule has 0 heterocycles. The van der Waals surface area contributed by atoms with E-state index in [-0.39, 0.29) is 12.4 Å². The molecule has 0 rings (SSSR count). The van der Waals surface area contributed by atoms with Crippen molar-refractivity contribution >= 4 is 13.6 Å². The Hall–Kier alpha value is -0.260. The summed E-state index contributed by atoms with van der Waals surface area (Å²) in [6.45, 7) is 14.7. The third kappa shape index (κ3) is 15.2. The highest BCUT2D eigenvalue weighted by molar-refractivity contribution is 7.47. The molecule has 0 aromatic heterocycles. The lowest BCUT2D eigenvalue weighted by atomic mass is 9.84. The molecule has 0 saturated heterocycles. The van der Waals surface area contributed by atoms with Crippen molar-refractivity contribution in [2.45, 2.75) is 118 Å². The minimum absolute atomic E-state index is 0.252. The number of unbranched alkanes of at least 4 members (excludes halogenated alkanes) is 5. The van der Waals surface area contributed by atoms with Gasteiger partial charge in [0.05, 0.1) is 12.2 Å². The molecular formula is C22H45O6P. The van der Waals surface area contributed by atoms with E-state index in [9.17, 15) is 19.4 Å². The van der Waals surface area contributed by atoms with Gasteiger partial charge in [0.2, 0.25) is 0 Å². The molecule has 0 aliphatic heterocycles. The summed E-state index contributed by atoms with van der Waals surface area (Å²) in [5, 5.41) is 10.4. The maximum atomic E-state index is 12.3. The summed E-state index contributed by atoms with van der Waals surface area (Å²) >= 11 is 0. The Balaban J connectivity index is 4.18. The van der Waals surface area contributed by atoms with Gasteiger partial charge in [-0.05, 0) is 39.0 Å². The van der Waals surface area contributed by atoms with Crippen molar-refractivity contribution in [3.8, 4) is 0 Å². The fourth-order valence-electron chi connectivity index (χ4n) is 2.93. The number of phosphoric acid groups is 1. The van der Waals surface area contributed by atoms with E-state index < -0.39 is 24.9 Å². The minimum Gasteiger partial charge on any atom is -0.385 e. The van der Waals surface area contributed by atoms with E-state index in [0.717, 1.165) is 19.3 Å². The number of hydrogen-bond acceptors (Lipinski definition) is 5. The Kier molecular flexibility index (Phi) is 11.8. The van der Waals surface area contributed by atoms with Crippen LogP contribution in [-0.2, 0) is 18.4 Å². The Labute approximate surface area is 178 Å². The minimum atomic E-state index is -4.25. The van der Waals surface area contributed by atoms with Gasteiger partial charge >= 0.3 is 7.82 Å². The van der Waals surface area contributed by atoms with Crippen LogP contribution in [0.25, 0.3) is 0 Å². The van der Waals surface area contributed by atoms with E-state index in [0.29, 0.717) is 11.8 Å². The number of rotatable bonds is 14. The second kappa shape index (κ2) is 12.0. The quantitative estimate of drug-likeness (QED) is 0.255. The maximum Gasteiger partial charge on any atom is 0.472 e. The number of carbonyl (C=O) groups is 1. The average molecular weight is 437 g/mol. The molecular weight excluding hydrogens is 391 g/mol. The second-order valence-electron chi connectivity index (χ2n) is 11.0. The lowest BCUT2D eigenvalue weighted by molar-refractivity contribution is -0.135. The first-order chi connectivity index (χ1) is 13.0. The molecule has 0 aromatic carbocycles. The normalized spacial score (nSPS) is 16.5. The van der Waals surface area contributed by atoms with Crippen molar-refractivity contribution in [3.05, 3.63) is 0 Å². The molecule has 0 spiro atoms. The van der Waals surface area contributed by atoms with Crippen LogP contribution in [0.1, 0.15) is 107 Å². The molecule has 2 atom stereocenters. The van der Waals surface area contributed by atoms with Crippen LogP contribution in [0.5, 0.6) is 0 Å². The third-order valence-corrected chi connectivity index (χ3v) is 5.87. The van der Waals surface area contributed by atoms with Crippen LogP contribution in [-0.4, -0.2) is 34.1 Å². The molecule has 174 valence electrons. The van der Waals surface area contributed by atoms with Crippen LogP contribution >= 0.6 is 7.82 Å². The Morgan fingerprint density at radius 1 is 0.897 bits per heavy atom. The van der Waals surface area contributed by atoms with Crippen LogP contribution in [0.15, 0.2) is 0 Å². The van der Waals surface area contributed by atoms with E-state index in [1.807, 2.05) is 0 Å². The number of ketones is 1. The molecule has 0 aromatic rings. The van der Waals surface area contributed by atoms with E-state index in [1.54, 1.807) is 34.6 Å². The van der Waals surface area contributed by atoms with E-state index in [2.05, 4.69) is 20.8 Å². The van der Waals surface area contributed by atoms with Crippen LogP contribution in [0.4, 0.5) is 0 Å². The second-order valence-corrected chi connectivity index (χ2v) is 12.4. The van der Waals surface area contributed by atoms with Crippen molar-refractivity contribution in [1.29, 1.82) is 0 Å². The van der Waals surface area contributed by atoms with Gasteiger partial charge in [0, 0.05) is 11.8 Å². The monoisotopic (exact) mass is 436 g/mol. The van der Waals surface area contributed by atoms with Crippen LogP contribution < -0.4 is 0 Å². The van der Waals surface area contributed by atoms with Crippen LogP contribution in [0.3, 0.4) is 0 Å². The van der Waals surface area contributed by atoms with Crippen LogP contribution in [0, 0.1) is 10.8 Å². The molecule has 0 fully saturated rings. The molecule has 7 heteroatoms. The molecule has 0 radical (unpaired) electrons. The molecule has 2 unspecified atom stereocenters. The van der Waals surface area contributed by atoms with E-state index in [1.165, 1.54) is 25.7 Å². The van der Waals surface area contributed by atoms with Crippen molar-refractivity contribution in [3.63, 3.8) is 0 Å². The lowest BCUT2D eigenvalue weighted by Gasteiger charge is -2.31. The summed E-state index contributed by atoms with van der Waals surface area (Å²) in [5.74, 6) is -0.254. The summed E-state index contributed by atoms with van der Waals surface area (Å²) in [6, 6.07) is 0. The van der Waals surface area contributed by atoms with Crippen LogP contribution in [0.2, 0.25) is 0 Å². The smallest absolute Gasteiger partial charge is 0.385 e. The third-order valence-electron chi connectivity index (χ3n) is 4.63. The number of phosphoric ester groups is 1. The largest absolute Gasteiger partial charge is 0.472 e. The van der Waals surface area contributed by atoms with Gasteiger partial charge in [-0.1, -0.05) is 66.7 Å². The lowest BCUT2D eigenvalue weighted by Crippen LogP contribution is -2.39. The molecule has 2 N–H and O–H groups in total. The Morgan fingerprint density at radius 3 is 1.86 bits per heavy atom. The average Bonchev–Trinajstić information content (AvgIpc) is 2.51. The topological polar surface area (TPSA) is 93.1 Å². The molecule has 0 aliphatic carbocycles. The van der Waals surface area contributed by atoms with E-state index in [4.69, 9.17) is 9.05 Å². The fourth-order valence-corrected chi connectivity index (χ4v) is 4.17. The SMILES string of the molecule is CC(C)(C)CCCCCCCCC(=O)C(O)C(C)(C)COP(=O)(O)OC(C)(C)C. The number of aliphatic hydroxyl groups excluding tert-OH is 1. The highest BCUT2D eigenvalue weighted by Gasteiger charge is 2.37.